The fourth-order valence-corrected chi connectivity index (χ4v) is 1.05. The number of hydrogen-bond acceptors (Lipinski definition) is 3. The van der Waals surface area contributed by atoms with Gasteiger partial charge < -0.3 is 10.8 Å². The molecule has 0 radical (unpaired) electrons. The number of nitrogens with two attached hydrogens (primary N) is 1. The molecule has 0 aliphatic heterocycles. The number of rotatable bonds is 6. The maximum absolute atomic E-state index is 10.9. The lowest BCUT2D eigenvalue weighted by atomic mass is 9.98. The van der Waals surface area contributed by atoms with Crippen LogP contribution in [0.1, 0.15) is 33.6 Å². The monoisotopic (exact) mass is 188 g/mol. The third kappa shape index (κ3) is 3.74. The lowest BCUT2D eigenvalue weighted by Crippen LogP contribution is -2.54. The standard InChI is InChI=1S/C9H20N2O2/c1-4-7(8(10)13)11-9(3,5-2)6-12/h7,11-12H,4-6H2,1-3H3,(H2,10,13). The molecule has 0 aromatic carbocycles. The topological polar surface area (TPSA) is 75.3 Å². The van der Waals surface area contributed by atoms with E-state index in [0.717, 1.165) is 6.42 Å². The van der Waals surface area contributed by atoms with Gasteiger partial charge in [-0.1, -0.05) is 13.8 Å². The van der Waals surface area contributed by atoms with Gasteiger partial charge in [-0.2, -0.15) is 0 Å². The van der Waals surface area contributed by atoms with Crippen molar-refractivity contribution in [1.29, 1.82) is 0 Å². The van der Waals surface area contributed by atoms with Gasteiger partial charge in [-0.05, 0) is 19.8 Å². The van der Waals surface area contributed by atoms with E-state index in [1.165, 1.54) is 0 Å². The number of primary amides is 1. The fourth-order valence-electron chi connectivity index (χ4n) is 1.05. The molecule has 0 fully saturated rings. The molecule has 0 saturated carbocycles. The Hall–Kier alpha value is -0.610. The molecule has 0 aliphatic rings. The van der Waals surface area contributed by atoms with Crippen molar-refractivity contribution < 1.29 is 9.90 Å². The molecule has 0 aliphatic carbocycles. The third-order valence-electron chi connectivity index (χ3n) is 2.40. The molecule has 13 heavy (non-hydrogen) atoms. The van der Waals surface area contributed by atoms with Gasteiger partial charge in [0, 0.05) is 5.54 Å². The highest BCUT2D eigenvalue weighted by Gasteiger charge is 2.26. The molecule has 1 amide bonds. The molecule has 4 nitrogen and oxygen atoms in total. The number of hydrogen-bond donors (Lipinski definition) is 3. The molecule has 4 N–H and O–H groups in total. The van der Waals surface area contributed by atoms with Crippen molar-refractivity contribution in [3.8, 4) is 0 Å². The van der Waals surface area contributed by atoms with E-state index in [4.69, 9.17) is 10.8 Å². The second-order valence-corrected chi connectivity index (χ2v) is 3.58. The Morgan fingerprint density at radius 2 is 2.15 bits per heavy atom. The summed E-state index contributed by atoms with van der Waals surface area (Å²) in [6, 6.07) is -0.350. The first-order valence-corrected chi connectivity index (χ1v) is 4.67. The third-order valence-corrected chi connectivity index (χ3v) is 2.40. The first-order valence-electron chi connectivity index (χ1n) is 4.67. The van der Waals surface area contributed by atoms with E-state index >= 15 is 0 Å². The molecule has 0 rings (SSSR count). The van der Waals surface area contributed by atoms with Gasteiger partial charge in [0.15, 0.2) is 0 Å². The summed E-state index contributed by atoms with van der Waals surface area (Å²) in [7, 11) is 0. The highest BCUT2D eigenvalue weighted by atomic mass is 16.3. The molecule has 0 saturated heterocycles. The van der Waals surface area contributed by atoms with Crippen LogP contribution in [0.3, 0.4) is 0 Å². The van der Waals surface area contributed by atoms with E-state index in [9.17, 15) is 4.79 Å². The van der Waals surface area contributed by atoms with Crippen molar-refractivity contribution in [3.63, 3.8) is 0 Å². The van der Waals surface area contributed by atoms with Crippen LogP contribution in [0.25, 0.3) is 0 Å². The molecule has 2 unspecified atom stereocenters. The molecule has 78 valence electrons. The van der Waals surface area contributed by atoms with E-state index in [2.05, 4.69) is 5.32 Å². The number of carbonyl (C=O) groups excluding carboxylic acids is 1. The molecular weight excluding hydrogens is 168 g/mol. The zero-order valence-electron chi connectivity index (χ0n) is 8.63. The second kappa shape index (κ2) is 5.19. The normalized spacial score (nSPS) is 17.8. The highest BCUT2D eigenvalue weighted by molar-refractivity contribution is 5.79. The van der Waals surface area contributed by atoms with E-state index in [1.54, 1.807) is 0 Å². The van der Waals surface area contributed by atoms with Gasteiger partial charge in [0.05, 0.1) is 12.6 Å². The molecule has 0 spiro atoms. The number of aliphatic hydroxyl groups excluding tert-OH is 1. The summed E-state index contributed by atoms with van der Waals surface area (Å²) >= 11 is 0. The van der Waals surface area contributed by atoms with E-state index < -0.39 is 5.54 Å². The quantitative estimate of drug-likeness (QED) is 0.549. The molecule has 0 heterocycles. The van der Waals surface area contributed by atoms with Crippen LogP contribution in [0.15, 0.2) is 0 Å². The second-order valence-electron chi connectivity index (χ2n) is 3.58. The van der Waals surface area contributed by atoms with Gasteiger partial charge in [0.1, 0.15) is 0 Å². The first kappa shape index (κ1) is 12.4. The van der Waals surface area contributed by atoms with Crippen molar-refractivity contribution in [2.75, 3.05) is 6.61 Å². The van der Waals surface area contributed by atoms with Crippen molar-refractivity contribution in [2.45, 2.75) is 45.2 Å². The Labute approximate surface area is 79.5 Å². The summed E-state index contributed by atoms with van der Waals surface area (Å²) in [5, 5.41) is 12.2. The lowest BCUT2D eigenvalue weighted by molar-refractivity contribution is -0.120. The molecule has 0 bridgehead atoms. The number of nitrogens with one attached hydrogen (secondary N) is 1. The summed E-state index contributed by atoms with van der Waals surface area (Å²) in [5.74, 6) is -0.365. The van der Waals surface area contributed by atoms with Gasteiger partial charge in [-0.25, -0.2) is 0 Å². The summed E-state index contributed by atoms with van der Waals surface area (Å²) in [6.07, 6.45) is 1.40. The summed E-state index contributed by atoms with van der Waals surface area (Å²) < 4.78 is 0. The van der Waals surface area contributed by atoms with Crippen molar-refractivity contribution >= 4 is 5.91 Å². The molecule has 0 aromatic heterocycles. The lowest BCUT2D eigenvalue weighted by Gasteiger charge is -2.31. The van der Waals surface area contributed by atoms with E-state index in [1.807, 2.05) is 20.8 Å². The predicted molar refractivity (Wildman–Crippen MR) is 52.2 cm³/mol. The van der Waals surface area contributed by atoms with Gasteiger partial charge in [-0.3, -0.25) is 10.1 Å². The molecule has 4 heteroatoms. The van der Waals surface area contributed by atoms with Gasteiger partial charge >= 0.3 is 0 Å². The fraction of sp³-hybridized carbons (Fsp3) is 0.889. The summed E-state index contributed by atoms with van der Waals surface area (Å²) in [5.41, 5.74) is 4.77. The van der Waals surface area contributed by atoms with Crippen LogP contribution in [-0.2, 0) is 4.79 Å². The Kier molecular flexibility index (Phi) is 4.95. The molecule has 2 atom stereocenters. The Balaban J connectivity index is 4.27. The summed E-state index contributed by atoms with van der Waals surface area (Å²) in [4.78, 5) is 10.9. The van der Waals surface area contributed by atoms with Crippen LogP contribution in [0.5, 0.6) is 0 Å². The SMILES string of the molecule is CCC(NC(C)(CC)CO)C(N)=O. The van der Waals surface area contributed by atoms with Gasteiger partial charge in [-0.15, -0.1) is 0 Å². The van der Waals surface area contributed by atoms with Crippen LogP contribution >= 0.6 is 0 Å². The van der Waals surface area contributed by atoms with Crippen molar-refractivity contribution in [1.82, 2.24) is 5.32 Å². The predicted octanol–water partition coefficient (Wildman–Crippen LogP) is 0.000900. The van der Waals surface area contributed by atoms with Crippen LogP contribution in [0, 0.1) is 0 Å². The number of amides is 1. The minimum absolute atomic E-state index is 0.00722. The molecule has 0 aromatic rings. The Bertz CT molecular complexity index is 167. The van der Waals surface area contributed by atoms with Crippen LogP contribution in [0.4, 0.5) is 0 Å². The van der Waals surface area contributed by atoms with Crippen LogP contribution in [-0.4, -0.2) is 29.2 Å². The Morgan fingerprint density at radius 3 is 2.38 bits per heavy atom. The number of carbonyl (C=O) groups is 1. The minimum Gasteiger partial charge on any atom is -0.394 e. The van der Waals surface area contributed by atoms with Gasteiger partial charge in [0.2, 0.25) is 5.91 Å². The largest absolute Gasteiger partial charge is 0.394 e. The molecular formula is C9H20N2O2. The zero-order valence-corrected chi connectivity index (χ0v) is 8.63. The van der Waals surface area contributed by atoms with E-state index in [-0.39, 0.29) is 18.6 Å². The first-order chi connectivity index (χ1) is 5.99. The average molecular weight is 188 g/mol. The van der Waals surface area contributed by atoms with E-state index in [0.29, 0.717) is 6.42 Å². The average Bonchev–Trinajstić information content (AvgIpc) is 2.13. The smallest absolute Gasteiger partial charge is 0.234 e. The van der Waals surface area contributed by atoms with Crippen LogP contribution < -0.4 is 11.1 Å². The van der Waals surface area contributed by atoms with Crippen molar-refractivity contribution in [2.24, 2.45) is 5.73 Å². The zero-order chi connectivity index (χ0) is 10.5. The maximum Gasteiger partial charge on any atom is 0.234 e. The minimum atomic E-state index is -0.407. The van der Waals surface area contributed by atoms with Crippen molar-refractivity contribution in [3.05, 3.63) is 0 Å². The number of aliphatic hydroxyl groups is 1. The summed E-state index contributed by atoms with van der Waals surface area (Å²) in [6.45, 7) is 5.72. The Morgan fingerprint density at radius 1 is 1.62 bits per heavy atom. The maximum atomic E-state index is 10.9. The van der Waals surface area contributed by atoms with Gasteiger partial charge in [0.25, 0.3) is 0 Å². The van der Waals surface area contributed by atoms with Crippen LogP contribution in [0.2, 0.25) is 0 Å². The highest BCUT2D eigenvalue weighted by Crippen LogP contribution is 2.09.